The van der Waals surface area contributed by atoms with Crippen molar-refractivity contribution in [2.45, 2.75) is 31.7 Å². The van der Waals surface area contributed by atoms with Gasteiger partial charge in [0.05, 0.1) is 17.3 Å². The minimum absolute atomic E-state index is 0.121. The number of benzene rings is 2. The topological polar surface area (TPSA) is 84.3 Å². The molecule has 0 bridgehead atoms. The van der Waals surface area contributed by atoms with Crippen LogP contribution in [0.25, 0.3) is 5.69 Å². The number of carbonyl (C=O) groups excluding carboxylic acids is 1. The Morgan fingerprint density at radius 3 is 2.43 bits per heavy atom. The summed E-state index contributed by atoms with van der Waals surface area (Å²) in [6.45, 7) is 6.22. The molecule has 0 spiro atoms. The molecule has 1 amide bonds. The van der Waals surface area contributed by atoms with Gasteiger partial charge in [-0.1, -0.05) is 32.0 Å². The summed E-state index contributed by atoms with van der Waals surface area (Å²) in [5.41, 5.74) is 2.23. The third-order valence-corrected chi connectivity index (χ3v) is 7.03. The molecule has 158 valence electrons. The van der Waals surface area contributed by atoms with Crippen molar-refractivity contribution in [2.24, 2.45) is 0 Å². The van der Waals surface area contributed by atoms with E-state index in [0.29, 0.717) is 18.7 Å². The summed E-state index contributed by atoms with van der Waals surface area (Å²) < 4.78 is 28.7. The van der Waals surface area contributed by atoms with Gasteiger partial charge in [0, 0.05) is 36.7 Å². The predicted octanol–water partition coefficient (Wildman–Crippen LogP) is 3.39. The summed E-state index contributed by atoms with van der Waals surface area (Å²) in [6, 6.07) is 13.7. The molecule has 0 aliphatic carbocycles. The van der Waals surface area contributed by atoms with Crippen LogP contribution < -0.4 is 5.32 Å². The van der Waals surface area contributed by atoms with Gasteiger partial charge in [0.2, 0.25) is 10.0 Å². The number of carbonyl (C=O) groups is 1. The van der Waals surface area contributed by atoms with Gasteiger partial charge in [0.25, 0.3) is 5.91 Å². The fourth-order valence-corrected chi connectivity index (χ4v) is 4.73. The first-order chi connectivity index (χ1) is 14.4. The second-order valence-corrected chi connectivity index (χ2v) is 8.81. The molecule has 3 rings (SSSR count). The maximum Gasteiger partial charge on any atom is 0.251 e. The quantitative estimate of drug-likeness (QED) is 0.598. The molecule has 0 saturated carbocycles. The van der Waals surface area contributed by atoms with Crippen LogP contribution in [-0.2, 0) is 10.0 Å². The molecular weight excluding hydrogens is 400 g/mol. The molecule has 7 nitrogen and oxygen atoms in total. The fraction of sp³-hybridized carbons (Fsp3) is 0.273. The van der Waals surface area contributed by atoms with Crippen molar-refractivity contribution in [3.63, 3.8) is 0 Å². The Hall–Kier alpha value is -2.97. The molecule has 1 aromatic heterocycles. The Balaban J connectivity index is 1.74. The van der Waals surface area contributed by atoms with E-state index < -0.39 is 10.0 Å². The number of nitrogens with one attached hydrogen (secondary N) is 1. The Kier molecular flexibility index (Phi) is 6.69. The Bertz CT molecular complexity index is 1090. The molecule has 0 aliphatic rings. The normalized spacial score (nSPS) is 12.7. The Labute approximate surface area is 177 Å². The minimum Gasteiger partial charge on any atom is -0.346 e. The standard InChI is InChI=1S/C22H26N4O3S/c1-4-26(5-2)30(28,29)21-8-6-7-19(15-21)22(27)24-17(3)18-9-11-20(12-10-18)25-14-13-23-16-25/h6-17H,4-5H2,1-3H3,(H,24,27). The molecule has 0 aliphatic heterocycles. The van der Waals surface area contributed by atoms with E-state index in [1.54, 1.807) is 38.5 Å². The lowest BCUT2D eigenvalue weighted by Crippen LogP contribution is -2.31. The molecule has 2 aromatic carbocycles. The van der Waals surface area contributed by atoms with E-state index in [-0.39, 0.29) is 16.8 Å². The molecule has 1 unspecified atom stereocenters. The second-order valence-electron chi connectivity index (χ2n) is 6.87. The molecule has 3 aromatic rings. The maximum absolute atomic E-state index is 12.7. The van der Waals surface area contributed by atoms with Gasteiger partial charge in [-0.15, -0.1) is 0 Å². The number of amides is 1. The highest BCUT2D eigenvalue weighted by molar-refractivity contribution is 7.89. The van der Waals surface area contributed by atoms with Crippen molar-refractivity contribution in [1.82, 2.24) is 19.2 Å². The van der Waals surface area contributed by atoms with Crippen LogP contribution in [0.2, 0.25) is 0 Å². The summed E-state index contributed by atoms with van der Waals surface area (Å²) in [5.74, 6) is -0.321. The van der Waals surface area contributed by atoms with Crippen molar-refractivity contribution < 1.29 is 13.2 Å². The second kappa shape index (κ2) is 9.23. The van der Waals surface area contributed by atoms with Crippen LogP contribution >= 0.6 is 0 Å². The average molecular weight is 427 g/mol. The lowest BCUT2D eigenvalue weighted by Gasteiger charge is -2.19. The first kappa shape index (κ1) is 21.7. The fourth-order valence-electron chi connectivity index (χ4n) is 3.22. The molecule has 0 saturated heterocycles. The van der Waals surface area contributed by atoms with Crippen molar-refractivity contribution >= 4 is 15.9 Å². The number of nitrogens with zero attached hydrogens (tertiary/aromatic N) is 3. The van der Waals surface area contributed by atoms with E-state index in [9.17, 15) is 13.2 Å². The van der Waals surface area contributed by atoms with E-state index in [2.05, 4.69) is 10.3 Å². The summed E-state index contributed by atoms with van der Waals surface area (Å²) in [4.78, 5) is 16.9. The number of aromatic nitrogens is 2. The maximum atomic E-state index is 12.7. The highest BCUT2D eigenvalue weighted by Gasteiger charge is 2.23. The van der Waals surface area contributed by atoms with Crippen molar-refractivity contribution in [2.75, 3.05) is 13.1 Å². The van der Waals surface area contributed by atoms with E-state index >= 15 is 0 Å². The number of hydrogen-bond donors (Lipinski definition) is 1. The third kappa shape index (κ3) is 4.60. The Morgan fingerprint density at radius 2 is 1.83 bits per heavy atom. The third-order valence-electron chi connectivity index (χ3n) is 4.98. The minimum atomic E-state index is -3.62. The molecular formula is C22H26N4O3S. The van der Waals surface area contributed by atoms with Gasteiger partial charge in [0.15, 0.2) is 0 Å². The number of hydrogen-bond acceptors (Lipinski definition) is 4. The molecule has 30 heavy (non-hydrogen) atoms. The van der Waals surface area contributed by atoms with Gasteiger partial charge >= 0.3 is 0 Å². The largest absolute Gasteiger partial charge is 0.346 e. The number of imidazole rings is 1. The number of sulfonamides is 1. The van der Waals surface area contributed by atoms with Crippen LogP contribution in [0, 0.1) is 0 Å². The van der Waals surface area contributed by atoms with E-state index in [1.165, 1.54) is 16.4 Å². The van der Waals surface area contributed by atoms with Crippen molar-refractivity contribution in [1.29, 1.82) is 0 Å². The SMILES string of the molecule is CCN(CC)S(=O)(=O)c1cccc(C(=O)NC(C)c2ccc(-n3ccnc3)cc2)c1. The lowest BCUT2D eigenvalue weighted by molar-refractivity contribution is 0.0939. The van der Waals surface area contributed by atoms with E-state index in [4.69, 9.17) is 0 Å². The van der Waals surface area contributed by atoms with Crippen LogP contribution in [0.3, 0.4) is 0 Å². The van der Waals surface area contributed by atoms with Gasteiger partial charge in [-0.3, -0.25) is 4.79 Å². The van der Waals surface area contributed by atoms with Crippen molar-refractivity contribution in [3.05, 3.63) is 78.4 Å². The van der Waals surface area contributed by atoms with Gasteiger partial charge in [-0.25, -0.2) is 13.4 Å². The first-order valence-electron chi connectivity index (χ1n) is 9.86. The van der Waals surface area contributed by atoms with E-state index in [1.807, 2.05) is 42.0 Å². The molecule has 0 fully saturated rings. The molecule has 1 atom stereocenters. The lowest BCUT2D eigenvalue weighted by atomic mass is 10.1. The van der Waals surface area contributed by atoms with Crippen LogP contribution in [0.5, 0.6) is 0 Å². The highest BCUT2D eigenvalue weighted by Crippen LogP contribution is 2.19. The zero-order valence-electron chi connectivity index (χ0n) is 17.3. The van der Waals surface area contributed by atoms with Crippen LogP contribution in [0.4, 0.5) is 0 Å². The van der Waals surface area contributed by atoms with Gasteiger partial charge in [-0.2, -0.15) is 4.31 Å². The van der Waals surface area contributed by atoms with Crippen LogP contribution in [-0.4, -0.2) is 41.3 Å². The van der Waals surface area contributed by atoms with Crippen LogP contribution in [0.1, 0.15) is 42.7 Å². The Morgan fingerprint density at radius 1 is 1.13 bits per heavy atom. The zero-order chi connectivity index (χ0) is 21.7. The van der Waals surface area contributed by atoms with E-state index in [0.717, 1.165) is 11.3 Å². The molecule has 8 heteroatoms. The smallest absolute Gasteiger partial charge is 0.251 e. The monoisotopic (exact) mass is 426 g/mol. The summed E-state index contributed by atoms with van der Waals surface area (Å²) in [5, 5.41) is 2.94. The van der Waals surface area contributed by atoms with Crippen LogP contribution in [0.15, 0.2) is 72.1 Å². The highest BCUT2D eigenvalue weighted by atomic mass is 32.2. The van der Waals surface area contributed by atoms with Gasteiger partial charge < -0.3 is 9.88 Å². The molecule has 0 radical (unpaired) electrons. The summed E-state index contributed by atoms with van der Waals surface area (Å²) >= 11 is 0. The van der Waals surface area contributed by atoms with Gasteiger partial charge in [0.1, 0.15) is 0 Å². The summed E-state index contributed by atoms with van der Waals surface area (Å²) in [7, 11) is -3.62. The molecule has 1 heterocycles. The molecule has 1 N–H and O–H groups in total. The predicted molar refractivity (Wildman–Crippen MR) is 116 cm³/mol. The summed E-state index contributed by atoms with van der Waals surface area (Å²) in [6.07, 6.45) is 5.30. The zero-order valence-corrected chi connectivity index (χ0v) is 18.1. The average Bonchev–Trinajstić information content (AvgIpc) is 3.29. The number of rotatable bonds is 8. The van der Waals surface area contributed by atoms with Gasteiger partial charge in [-0.05, 0) is 42.8 Å². The first-order valence-corrected chi connectivity index (χ1v) is 11.3. The van der Waals surface area contributed by atoms with Crippen molar-refractivity contribution in [3.8, 4) is 5.69 Å².